The number of unbranched alkanes of at least 4 members (excludes halogenated alkanes) is 15. The number of hydrogen-bond donors (Lipinski definition) is 7. The van der Waals surface area contributed by atoms with Gasteiger partial charge in [0.05, 0.1) is 58.4 Å². The molecule has 0 aromatic carbocycles. The number of carboxylic acid groups (broad SMARTS) is 3. The Labute approximate surface area is 474 Å². The van der Waals surface area contributed by atoms with Crippen LogP contribution in [0, 0.1) is 17.8 Å². The number of aromatic nitrogens is 2. The molecular weight excluding hydrogens is 1030 g/mol. The molecule has 1 aromatic rings. The van der Waals surface area contributed by atoms with Gasteiger partial charge in [0.1, 0.15) is 36.6 Å². The lowest BCUT2D eigenvalue weighted by Gasteiger charge is -2.28. The lowest BCUT2D eigenvalue weighted by molar-refractivity contribution is -0.145. The van der Waals surface area contributed by atoms with E-state index in [1.54, 1.807) is 6.20 Å². The van der Waals surface area contributed by atoms with E-state index < -0.39 is 29.9 Å². The van der Waals surface area contributed by atoms with Crippen molar-refractivity contribution in [1.82, 2.24) is 25.9 Å². The van der Waals surface area contributed by atoms with Gasteiger partial charge in [-0.2, -0.15) is 0 Å². The van der Waals surface area contributed by atoms with E-state index in [0.29, 0.717) is 75.9 Å². The van der Waals surface area contributed by atoms with E-state index >= 15 is 0 Å². The summed E-state index contributed by atoms with van der Waals surface area (Å²) in [7, 11) is 0. The highest BCUT2D eigenvalue weighted by molar-refractivity contribution is 5.86. The Morgan fingerprint density at radius 3 is 1.64 bits per heavy atom. The number of aromatic amines is 1. The van der Waals surface area contributed by atoms with Crippen molar-refractivity contribution < 1.29 is 77.4 Å². The van der Waals surface area contributed by atoms with Gasteiger partial charge in [0.2, 0.25) is 11.8 Å². The van der Waals surface area contributed by atoms with Crippen LogP contribution in [-0.2, 0) is 68.5 Å². The van der Waals surface area contributed by atoms with Crippen molar-refractivity contribution in [3.8, 4) is 0 Å². The number of H-pyrrole nitrogens is 1. The molecule has 2 rings (SSSR count). The van der Waals surface area contributed by atoms with E-state index in [-0.39, 0.29) is 140 Å². The summed E-state index contributed by atoms with van der Waals surface area (Å²) in [6, 6.07) is -0.837. The van der Waals surface area contributed by atoms with Crippen LogP contribution in [0.2, 0.25) is 0 Å². The SMILES string of the molecule is O=C(O)CCCCCCCCCCCCCCCCC(=O)CCC1CCC(C(=O)C[C@@H](CCC(=O)NCCOCCOCC(=O)NCCOCCOCC(=O)CCCCC[C@H](NCC(=O)CCc2cnc[nH]2)C(=O)O)C(=O)O)CC1. The van der Waals surface area contributed by atoms with Crippen LogP contribution >= 0.6 is 0 Å². The Bertz CT molecular complexity index is 1880. The van der Waals surface area contributed by atoms with Gasteiger partial charge in [-0.25, -0.2) is 4.98 Å². The molecule has 1 aliphatic rings. The summed E-state index contributed by atoms with van der Waals surface area (Å²) in [5, 5.41) is 36.2. The fraction of sp³-hybridized carbons (Fsp3) is 0.797. The molecular formula is C59H99N5O16. The van der Waals surface area contributed by atoms with Crippen molar-refractivity contribution in [2.75, 3.05) is 72.5 Å². The lowest BCUT2D eigenvalue weighted by atomic mass is 9.76. The fourth-order valence-electron chi connectivity index (χ4n) is 9.72. The number of nitrogens with one attached hydrogen (secondary N) is 4. The fourth-order valence-corrected chi connectivity index (χ4v) is 9.72. The summed E-state index contributed by atoms with van der Waals surface area (Å²) in [5.74, 6) is -4.09. The Kier molecular flexibility index (Phi) is 42.4. The Morgan fingerprint density at radius 1 is 0.537 bits per heavy atom. The number of imidazole rings is 1. The van der Waals surface area contributed by atoms with Crippen LogP contribution in [0.5, 0.6) is 0 Å². The first kappa shape index (κ1) is 71.1. The Hall–Kier alpha value is -4.96. The molecule has 21 heteroatoms. The maximum Gasteiger partial charge on any atom is 0.320 e. The maximum atomic E-state index is 13.1. The Balaban J connectivity index is 1.36. The minimum absolute atomic E-state index is 0.0257. The van der Waals surface area contributed by atoms with Gasteiger partial charge >= 0.3 is 17.9 Å². The third-order valence-corrected chi connectivity index (χ3v) is 14.6. The summed E-state index contributed by atoms with van der Waals surface area (Å²) in [6.07, 6.45) is 28.0. The number of hydrogen-bond acceptors (Lipinski definition) is 15. The topological polar surface area (TPSA) is 316 Å². The number of rotatable bonds is 56. The minimum atomic E-state index is -1.09. The molecule has 0 unspecified atom stereocenters. The molecule has 1 heterocycles. The quantitative estimate of drug-likeness (QED) is 0.0307. The highest BCUT2D eigenvalue weighted by Gasteiger charge is 2.30. The van der Waals surface area contributed by atoms with Crippen LogP contribution in [0.3, 0.4) is 0 Å². The summed E-state index contributed by atoms with van der Waals surface area (Å²) < 4.78 is 21.6. The van der Waals surface area contributed by atoms with Gasteiger partial charge in [-0.1, -0.05) is 89.9 Å². The second-order valence-corrected chi connectivity index (χ2v) is 21.4. The zero-order valence-electron chi connectivity index (χ0n) is 48.0. The molecule has 456 valence electrons. The number of amides is 2. The van der Waals surface area contributed by atoms with Gasteiger partial charge in [0.25, 0.3) is 0 Å². The Morgan fingerprint density at radius 2 is 1.07 bits per heavy atom. The van der Waals surface area contributed by atoms with E-state index in [1.807, 2.05) is 0 Å². The standard InChI is InChI=1S/C59H99N5O16/c65-50(18-14-11-9-7-5-3-1-2-4-6-8-10-12-17-21-57(71)72)29-24-46-22-25-47(26-23-46)54(68)40-48(58(73)74)27-31-55(69)61-32-34-77-37-39-80-44-56(70)62-33-35-78-36-38-79-43-52(67)19-15-13-16-20-53(59(75)76)63-42-51(66)30-28-49-41-60-45-64-49/h41,45-48,53,63H,1-40,42-44H2,(H,60,64)(H,61,69)(H,62,70)(H,71,72)(H,73,74)(H,75,76)/t46?,47?,48-,53+/m1/s1. The summed E-state index contributed by atoms with van der Waals surface area (Å²) in [6.45, 7) is 1.39. The molecule has 1 saturated carbocycles. The maximum absolute atomic E-state index is 13.1. The zero-order chi connectivity index (χ0) is 58.3. The van der Waals surface area contributed by atoms with Crippen molar-refractivity contribution in [1.29, 1.82) is 0 Å². The smallest absolute Gasteiger partial charge is 0.320 e. The van der Waals surface area contributed by atoms with Crippen LogP contribution in [-0.4, -0.2) is 157 Å². The second kappa shape index (κ2) is 47.7. The first-order chi connectivity index (χ1) is 38.7. The molecule has 1 aromatic heterocycles. The van der Waals surface area contributed by atoms with Crippen LogP contribution in [0.1, 0.15) is 205 Å². The highest BCUT2D eigenvalue weighted by atomic mass is 16.5. The van der Waals surface area contributed by atoms with E-state index in [4.69, 9.17) is 24.1 Å². The van der Waals surface area contributed by atoms with Crippen molar-refractivity contribution >= 4 is 52.9 Å². The average Bonchev–Trinajstić information content (AvgIpc) is 3.96. The normalized spacial score (nSPS) is 15.0. The number of Topliss-reactive ketones (excluding diaryl/α,β-unsaturated/α-hetero) is 4. The predicted molar refractivity (Wildman–Crippen MR) is 300 cm³/mol. The van der Waals surface area contributed by atoms with Crippen LogP contribution < -0.4 is 16.0 Å². The molecule has 1 aliphatic carbocycles. The van der Waals surface area contributed by atoms with Crippen molar-refractivity contribution in [2.24, 2.45) is 17.8 Å². The van der Waals surface area contributed by atoms with Gasteiger partial charge in [-0.15, -0.1) is 0 Å². The third kappa shape index (κ3) is 40.3. The van der Waals surface area contributed by atoms with Crippen molar-refractivity contribution in [3.63, 3.8) is 0 Å². The van der Waals surface area contributed by atoms with Gasteiger partial charge < -0.3 is 49.9 Å². The number of carbonyl (C=O) groups is 9. The van der Waals surface area contributed by atoms with Crippen LogP contribution in [0.15, 0.2) is 12.5 Å². The zero-order valence-corrected chi connectivity index (χ0v) is 48.0. The number of aryl methyl sites for hydroxylation is 1. The molecule has 0 aliphatic heterocycles. The summed E-state index contributed by atoms with van der Waals surface area (Å²) >= 11 is 0. The number of carboxylic acids is 3. The van der Waals surface area contributed by atoms with Gasteiger partial charge in [-0.05, 0) is 76.5 Å². The number of ketones is 4. The first-order valence-corrected chi connectivity index (χ1v) is 30.0. The average molecular weight is 1130 g/mol. The van der Waals surface area contributed by atoms with Crippen LogP contribution in [0.25, 0.3) is 0 Å². The van der Waals surface area contributed by atoms with E-state index in [0.717, 1.165) is 57.1 Å². The van der Waals surface area contributed by atoms with Gasteiger partial charge in [0.15, 0.2) is 5.78 Å². The van der Waals surface area contributed by atoms with Crippen LogP contribution in [0.4, 0.5) is 0 Å². The van der Waals surface area contributed by atoms with Gasteiger partial charge in [0, 0.05) is 75.8 Å². The predicted octanol–water partition coefficient (Wildman–Crippen LogP) is 7.69. The molecule has 21 nitrogen and oxygen atoms in total. The minimum Gasteiger partial charge on any atom is -0.481 e. The molecule has 0 bridgehead atoms. The number of ether oxygens (including phenoxy) is 4. The second-order valence-electron chi connectivity index (χ2n) is 21.4. The number of aliphatic carboxylic acids is 3. The molecule has 2 amide bonds. The molecule has 80 heavy (non-hydrogen) atoms. The molecule has 0 spiro atoms. The van der Waals surface area contributed by atoms with Crippen molar-refractivity contribution in [3.05, 3.63) is 18.2 Å². The molecule has 1 fully saturated rings. The summed E-state index contributed by atoms with van der Waals surface area (Å²) in [4.78, 5) is 115. The monoisotopic (exact) mass is 1130 g/mol. The number of nitrogens with zero attached hydrogens (tertiary/aromatic N) is 1. The van der Waals surface area contributed by atoms with Crippen molar-refractivity contribution in [2.45, 2.75) is 212 Å². The van der Waals surface area contributed by atoms with Gasteiger partial charge in [-0.3, -0.25) is 48.5 Å². The van der Waals surface area contributed by atoms with E-state index in [9.17, 15) is 53.4 Å². The molecule has 0 radical (unpaired) electrons. The highest BCUT2D eigenvalue weighted by Crippen LogP contribution is 2.34. The molecule has 7 N–H and O–H groups in total. The summed E-state index contributed by atoms with van der Waals surface area (Å²) in [5.41, 5.74) is 0.842. The van der Waals surface area contributed by atoms with E-state index in [1.165, 1.54) is 64.1 Å². The first-order valence-electron chi connectivity index (χ1n) is 30.0. The molecule has 0 saturated heterocycles. The lowest BCUT2D eigenvalue weighted by Crippen LogP contribution is -2.39. The third-order valence-electron chi connectivity index (χ3n) is 14.6. The van der Waals surface area contributed by atoms with E-state index in [2.05, 4.69) is 25.9 Å². The molecule has 2 atom stereocenters. The number of carbonyl (C=O) groups excluding carboxylic acids is 6. The largest absolute Gasteiger partial charge is 0.481 e.